The largest absolute Gasteiger partial charge is 0.480 e. The number of fused-ring (bicyclic) bond motifs is 1. The molecule has 3 rings (SSSR count). The molecule has 1 atom stereocenters. The summed E-state index contributed by atoms with van der Waals surface area (Å²) in [6.45, 7) is 10.8. The van der Waals surface area contributed by atoms with Crippen molar-refractivity contribution >= 4 is 27.5 Å². The molecular formula is C21H31N3O3S. The molecule has 0 unspecified atom stereocenters. The highest BCUT2D eigenvalue weighted by molar-refractivity contribution is 7.20. The quantitative estimate of drug-likeness (QED) is 0.752. The van der Waals surface area contributed by atoms with Crippen LogP contribution in [0.2, 0.25) is 0 Å². The zero-order valence-electron chi connectivity index (χ0n) is 17.8. The number of carbonyl (C=O) groups excluding carboxylic acids is 1. The molecule has 1 aliphatic heterocycles. The van der Waals surface area contributed by atoms with Crippen molar-refractivity contribution in [3.8, 4) is 5.88 Å². The molecule has 1 amide bonds. The molecule has 154 valence electrons. The molecular weight excluding hydrogens is 374 g/mol. The molecule has 0 saturated carbocycles. The van der Waals surface area contributed by atoms with Gasteiger partial charge in [-0.2, -0.15) is 4.98 Å². The normalized spacial score (nSPS) is 18.4. The first-order valence-corrected chi connectivity index (χ1v) is 10.7. The van der Waals surface area contributed by atoms with Gasteiger partial charge in [-0.15, -0.1) is 11.3 Å². The number of aryl methyl sites for hydroxylation is 1. The first-order valence-electron chi connectivity index (χ1n) is 9.88. The number of amides is 1. The molecule has 28 heavy (non-hydrogen) atoms. The molecule has 0 aromatic carbocycles. The van der Waals surface area contributed by atoms with Gasteiger partial charge in [-0.25, -0.2) is 4.98 Å². The minimum absolute atomic E-state index is 0.102. The Balaban J connectivity index is 1.90. The van der Waals surface area contributed by atoms with E-state index in [0.717, 1.165) is 46.6 Å². The lowest BCUT2D eigenvalue weighted by Crippen LogP contribution is -2.32. The van der Waals surface area contributed by atoms with Gasteiger partial charge < -0.3 is 14.4 Å². The molecule has 0 bridgehead atoms. The minimum atomic E-state index is 0.102. The highest BCUT2D eigenvalue weighted by Crippen LogP contribution is 2.37. The fraction of sp³-hybridized carbons (Fsp3) is 0.667. The van der Waals surface area contributed by atoms with Gasteiger partial charge in [0.05, 0.1) is 17.4 Å². The lowest BCUT2D eigenvalue weighted by atomic mass is 9.77. The smallest absolute Gasteiger partial charge is 0.264 e. The summed E-state index contributed by atoms with van der Waals surface area (Å²) in [6.07, 6.45) is 3.29. The van der Waals surface area contributed by atoms with Crippen LogP contribution in [0.3, 0.4) is 0 Å². The van der Waals surface area contributed by atoms with Gasteiger partial charge >= 0.3 is 0 Å². The Morgan fingerprint density at radius 1 is 1.21 bits per heavy atom. The summed E-state index contributed by atoms with van der Waals surface area (Å²) in [5, 5.41) is 0.832. The van der Waals surface area contributed by atoms with Gasteiger partial charge in [-0.05, 0) is 43.1 Å². The second-order valence-corrected chi connectivity index (χ2v) is 9.60. The van der Waals surface area contributed by atoms with E-state index in [2.05, 4.69) is 30.7 Å². The van der Waals surface area contributed by atoms with Gasteiger partial charge in [0.2, 0.25) is 5.88 Å². The first kappa shape index (κ1) is 21.0. The van der Waals surface area contributed by atoms with Crippen LogP contribution in [0.5, 0.6) is 5.88 Å². The molecule has 6 nitrogen and oxygen atoms in total. The highest BCUT2D eigenvalue weighted by atomic mass is 32.1. The van der Waals surface area contributed by atoms with E-state index in [1.165, 1.54) is 17.8 Å². The van der Waals surface area contributed by atoms with Gasteiger partial charge in [-0.1, -0.05) is 20.8 Å². The van der Waals surface area contributed by atoms with Crippen LogP contribution < -0.4 is 4.74 Å². The topological polar surface area (TPSA) is 64.6 Å². The molecule has 2 aromatic heterocycles. The van der Waals surface area contributed by atoms with E-state index < -0.39 is 0 Å². The van der Waals surface area contributed by atoms with Crippen LogP contribution in [0.15, 0.2) is 0 Å². The van der Waals surface area contributed by atoms with Crippen LogP contribution in [0.4, 0.5) is 0 Å². The second-order valence-electron chi connectivity index (χ2n) is 8.60. The zero-order valence-corrected chi connectivity index (χ0v) is 18.6. The molecule has 0 N–H and O–H groups in total. The molecule has 2 aromatic rings. The standard InChI is InChI=1S/C21H31N3O3S/c1-13-16-18(27-6)22-15(12-26-5)23-19(16)28-17(13)20(25)24-10-7-8-14(9-11-24)21(2,3)4/h14H,7-12H2,1-6H3/t14-/m1/s1. The van der Waals surface area contributed by atoms with Crippen LogP contribution in [0.25, 0.3) is 10.2 Å². The minimum Gasteiger partial charge on any atom is -0.480 e. The van der Waals surface area contributed by atoms with Crippen molar-refractivity contribution in [1.82, 2.24) is 14.9 Å². The van der Waals surface area contributed by atoms with Crippen molar-refractivity contribution < 1.29 is 14.3 Å². The van der Waals surface area contributed by atoms with E-state index in [4.69, 9.17) is 9.47 Å². The third-order valence-electron chi connectivity index (χ3n) is 5.70. The van der Waals surface area contributed by atoms with Gasteiger partial charge in [0.1, 0.15) is 11.4 Å². The lowest BCUT2D eigenvalue weighted by molar-refractivity contribution is 0.0760. The van der Waals surface area contributed by atoms with E-state index in [9.17, 15) is 4.79 Å². The Labute approximate surface area is 171 Å². The highest BCUT2D eigenvalue weighted by Gasteiger charge is 2.30. The van der Waals surface area contributed by atoms with E-state index in [-0.39, 0.29) is 11.3 Å². The average Bonchev–Trinajstić information content (AvgIpc) is 2.83. The summed E-state index contributed by atoms with van der Waals surface area (Å²) in [7, 11) is 3.21. The summed E-state index contributed by atoms with van der Waals surface area (Å²) in [6, 6.07) is 0. The van der Waals surface area contributed by atoms with Gasteiger partial charge in [0.15, 0.2) is 5.82 Å². The molecule has 7 heteroatoms. The van der Waals surface area contributed by atoms with Crippen LogP contribution in [-0.4, -0.2) is 48.1 Å². The monoisotopic (exact) mass is 405 g/mol. The predicted octanol–water partition coefficient (Wildman–Crippen LogP) is 4.44. The fourth-order valence-corrected chi connectivity index (χ4v) is 5.16. The molecule has 0 aliphatic carbocycles. The van der Waals surface area contributed by atoms with Crippen LogP contribution in [-0.2, 0) is 11.3 Å². The lowest BCUT2D eigenvalue weighted by Gasteiger charge is -2.29. The van der Waals surface area contributed by atoms with Crippen molar-refractivity contribution in [2.24, 2.45) is 11.3 Å². The van der Waals surface area contributed by atoms with Crippen LogP contribution in [0.1, 0.15) is 61.1 Å². The number of nitrogens with zero attached hydrogens (tertiary/aromatic N) is 3. The third kappa shape index (κ3) is 4.15. The maximum Gasteiger partial charge on any atom is 0.264 e. The van der Waals surface area contributed by atoms with E-state index in [1.54, 1.807) is 14.2 Å². The molecule has 1 fully saturated rings. The Kier molecular flexibility index (Phi) is 6.25. The molecule has 3 heterocycles. The Bertz CT molecular complexity index is 857. The first-order chi connectivity index (χ1) is 13.3. The summed E-state index contributed by atoms with van der Waals surface area (Å²) < 4.78 is 10.6. The number of ether oxygens (including phenoxy) is 2. The van der Waals surface area contributed by atoms with E-state index in [0.29, 0.717) is 24.2 Å². The van der Waals surface area contributed by atoms with Crippen LogP contribution >= 0.6 is 11.3 Å². The second kappa shape index (κ2) is 8.33. The van der Waals surface area contributed by atoms with Crippen molar-refractivity contribution in [1.29, 1.82) is 0 Å². The Hall–Kier alpha value is -1.73. The summed E-state index contributed by atoms with van der Waals surface area (Å²) in [5.41, 5.74) is 1.19. The predicted molar refractivity (Wildman–Crippen MR) is 112 cm³/mol. The van der Waals surface area contributed by atoms with Gasteiger partial charge in [0, 0.05) is 20.2 Å². The van der Waals surface area contributed by atoms with E-state index >= 15 is 0 Å². The van der Waals surface area contributed by atoms with Crippen molar-refractivity contribution in [2.75, 3.05) is 27.3 Å². The average molecular weight is 406 g/mol. The van der Waals surface area contributed by atoms with Crippen molar-refractivity contribution in [2.45, 2.75) is 53.6 Å². The third-order valence-corrected chi connectivity index (χ3v) is 6.88. The number of likely N-dealkylation sites (tertiary alicyclic amines) is 1. The Morgan fingerprint density at radius 2 is 1.96 bits per heavy atom. The molecule has 1 aliphatic rings. The Morgan fingerprint density at radius 3 is 2.61 bits per heavy atom. The summed E-state index contributed by atoms with van der Waals surface area (Å²) >= 11 is 1.43. The fourth-order valence-electron chi connectivity index (χ4n) is 4.00. The number of thiophene rings is 1. The maximum atomic E-state index is 13.3. The molecule has 1 saturated heterocycles. The zero-order chi connectivity index (χ0) is 20.5. The van der Waals surface area contributed by atoms with Crippen LogP contribution in [0, 0.1) is 18.3 Å². The number of aromatic nitrogens is 2. The van der Waals surface area contributed by atoms with Crippen molar-refractivity contribution in [3.63, 3.8) is 0 Å². The maximum absolute atomic E-state index is 13.3. The molecule has 0 spiro atoms. The number of hydrogen-bond acceptors (Lipinski definition) is 6. The van der Waals surface area contributed by atoms with Crippen molar-refractivity contribution in [3.05, 3.63) is 16.3 Å². The SMILES string of the molecule is COCc1nc(OC)c2c(C)c(C(=O)N3CCC[C@@H](C(C)(C)C)CC3)sc2n1. The number of hydrogen-bond donors (Lipinski definition) is 0. The van der Waals surface area contributed by atoms with Gasteiger partial charge in [0.25, 0.3) is 5.91 Å². The molecule has 0 radical (unpaired) electrons. The summed E-state index contributed by atoms with van der Waals surface area (Å²) in [4.78, 5) is 25.9. The summed E-state index contributed by atoms with van der Waals surface area (Å²) in [5.74, 6) is 1.82. The van der Waals surface area contributed by atoms with E-state index in [1.807, 2.05) is 11.8 Å². The number of rotatable bonds is 4. The van der Waals surface area contributed by atoms with Gasteiger partial charge in [-0.3, -0.25) is 4.79 Å². The number of carbonyl (C=O) groups is 1. The number of methoxy groups -OCH3 is 2.